The van der Waals surface area contributed by atoms with Crippen molar-refractivity contribution in [2.24, 2.45) is 11.7 Å². The lowest BCUT2D eigenvalue weighted by Crippen LogP contribution is -2.43. The second-order valence-electron chi connectivity index (χ2n) is 5.92. The molecule has 0 spiro atoms. The molecule has 0 aromatic rings. The quantitative estimate of drug-likeness (QED) is 0.799. The summed E-state index contributed by atoms with van der Waals surface area (Å²) in [6.07, 6.45) is 9.69. The maximum absolute atomic E-state index is 6.30. The lowest BCUT2D eigenvalue weighted by atomic mass is 9.98. The number of hydrogen-bond acceptors (Lipinski definition) is 3. The molecule has 2 unspecified atom stereocenters. The van der Waals surface area contributed by atoms with Gasteiger partial charge in [-0.15, -0.1) is 0 Å². The number of likely N-dealkylation sites (N-methyl/N-ethyl adjacent to an activating group) is 1. The minimum absolute atomic E-state index is 0.367. The lowest BCUT2D eigenvalue weighted by Gasteiger charge is -2.30. The molecule has 3 heteroatoms. The van der Waals surface area contributed by atoms with Crippen molar-refractivity contribution in [3.05, 3.63) is 0 Å². The molecule has 2 aliphatic rings. The van der Waals surface area contributed by atoms with Gasteiger partial charge in [-0.3, -0.25) is 0 Å². The smallest absolute Gasteiger partial charge is 0.0701 e. The van der Waals surface area contributed by atoms with Gasteiger partial charge in [0.25, 0.3) is 0 Å². The van der Waals surface area contributed by atoms with Crippen molar-refractivity contribution < 1.29 is 4.74 Å². The highest BCUT2D eigenvalue weighted by molar-refractivity contribution is 4.80. The van der Waals surface area contributed by atoms with Gasteiger partial charge in [-0.05, 0) is 45.1 Å². The van der Waals surface area contributed by atoms with Crippen molar-refractivity contribution in [2.75, 3.05) is 26.7 Å². The summed E-state index contributed by atoms with van der Waals surface area (Å²) in [4.78, 5) is 2.37. The Morgan fingerprint density at radius 3 is 2.53 bits per heavy atom. The van der Waals surface area contributed by atoms with Crippen LogP contribution in [0.2, 0.25) is 0 Å². The van der Waals surface area contributed by atoms with Gasteiger partial charge in [0.2, 0.25) is 0 Å². The first-order valence-corrected chi connectivity index (χ1v) is 7.31. The Kier molecular flexibility index (Phi) is 5.26. The summed E-state index contributed by atoms with van der Waals surface area (Å²) < 4.78 is 5.77. The first kappa shape index (κ1) is 13.3. The molecule has 1 saturated carbocycles. The third-order valence-corrected chi connectivity index (χ3v) is 4.32. The second kappa shape index (κ2) is 6.72. The van der Waals surface area contributed by atoms with Gasteiger partial charge in [0.15, 0.2) is 0 Å². The van der Waals surface area contributed by atoms with Gasteiger partial charge >= 0.3 is 0 Å². The number of rotatable bonds is 5. The van der Waals surface area contributed by atoms with Gasteiger partial charge in [0.1, 0.15) is 0 Å². The van der Waals surface area contributed by atoms with Crippen LogP contribution in [0.25, 0.3) is 0 Å². The first-order chi connectivity index (χ1) is 8.25. The summed E-state index contributed by atoms with van der Waals surface area (Å²) in [6.45, 7) is 3.04. The molecule has 2 atom stereocenters. The minimum atomic E-state index is 0.367. The highest BCUT2D eigenvalue weighted by Crippen LogP contribution is 2.27. The molecule has 1 heterocycles. The Morgan fingerprint density at radius 1 is 1.18 bits per heavy atom. The van der Waals surface area contributed by atoms with E-state index in [1.807, 2.05) is 0 Å². The van der Waals surface area contributed by atoms with Crippen LogP contribution in [0.3, 0.4) is 0 Å². The van der Waals surface area contributed by atoms with Crippen molar-refractivity contribution >= 4 is 0 Å². The fourth-order valence-electron chi connectivity index (χ4n) is 3.27. The van der Waals surface area contributed by atoms with Crippen molar-refractivity contribution in [1.82, 2.24) is 4.90 Å². The molecule has 0 aromatic carbocycles. The number of nitrogens with two attached hydrogens (primary N) is 1. The van der Waals surface area contributed by atoms with Crippen molar-refractivity contribution in [3.63, 3.8) is 0 Å². The maximum Gasteiger partial charge on any atom is 0.0701 e. The normalized spacial score (nSPS) is 28.8. The van der Waals surface area contributed by atoms with Crippen LogP contribution >= 0.6 is 0 Å². The standard InChI is InChI=1S/C14H28N2O/c1-16(10-13-8-4-5-9-17-13)11-14(15)12-6-2-3-7-12/h12-14H,2-11,15H2,1H3. The third-order valence-electron chi connectivity index (χ3n) is 4.32. The van der Waals surface area contributed by atoms with Gasteiger partial charge in [-0.25, -0.2) is 0 Å². The maximum atomic E-state index is 6.30. The molecule has 0 aromatic heterocycles. The zero-order valence-electron chi connectivity index (χ0n) is 11.2. The Morgan fingerprint density at radius 2 is 1.88 bits per heavy atom. The van der Waals surface area contributed by atoms with Crippen molar-refractivity contribution in [1.29, 1.82) is 0 Å². The molecule has 0 amide bonds. The average Bonchev–Trinajstić information content (AvgIpc) is 2.83. The molecular weight excluding hydrogens is 212 g/mol. The molecule has 17 heavy (non-hydrogen) atoms. The minimum Gasteiger partial charge on any atom is -0.377 e. The predicted molar refractivity (Wildman–Crippen MR) is 71.0 cm³/mol. The third kappa shape index (κ3) is 4.23. The Labute approximate surface area is 106 Å². The van der Waals surface area contributed by atoms with Crippen LogP contribution in [-0.2, 0) is 4.74 Å². The molecular formula is C14H28N2O. The molecule has 1 saturated heterocycles. The second-order valence-corrected chi connectivity index (χ2v) is 5.92. The fraction of sp³-hybridized carbons (Fsp3) is 1.00. The summed E-state index contributed by atoms with van der Waals surface area (Å²) in [5, 5.41) is 0. The van der Waals surface area contributed by atoms with Crippen LogP contribution in [0.15, 0.2) is 0 Å². The summed E-state index contributed by atoms with van der Waals surface area (Å²) >= 11 is 0. The lowest BCUT2D eigenvalue weighted by molar-refractivity contribution is -0.00281. The fourth-order valence-corrected chi connectivity index (χ4v) is 3.27. The van der Waals surface area contributed by atoms with E-state index < -0.39 is 0 Å². The van der Waals surface area contributed by atoms with Crippen LogP contribution in [0.4, 0.5) is 0 Å². The van der Waals surface area contributed by atoms with Crippen LogP contribution in [0.5, 0.6) is 0 Å². The molecule has 3 nitrogen and oxygen atoms in total. The van der Waals surface area contributed by atoms with E-state index in [1.165, 1.54) is 44.9 Å². The van der Waals surface area contributed by atoms with Gasteiger partial charge < -0.3 is 15.4 Å². The van der Waals surface area contributed by atoms with Crippen LogP contribution in [0, 0.1) is 5.92 Å². The van der Waals surface area contributed by atoms with Gasteiger partial charge in [-0.1, -0.05) is 12.8 Å². The molecule has 2 rings (SSSR count). The van der Waals surface area contributed by atoms with E-state index in [0.717, 1.165) is 25.6 Å². The highest BCUT2D eigenvalue weighted by atomic mass is 16.5. The molecule has 1 aliphatic heterocycles. The van der Waals surface area contributed by atoms with E-state index in [-0.39, 0.29) is 0 Å². The Bertz CT molecular complexity index is 210. The van der Waals surface area contributed by atoms with Crippen LogP contribution in [-0.4, -0.2) is 43.8 Å². The van der Waals surface area contributed by atoms with Crippen molar-refractivity contribution in [3.8, 4) is 0 Å². The summed E-state index contributed by atoms with van der Waals surface area (Å²) in [6, 6.07) is 0.367. The van der Waals surface area contributed by atoms with Crippen LogP contribution < -0.4 is 5.73 Å². The van der Waals surface area contributed by atoms with Crippen LogP contribution in [0.1, 0.15) is 44.9 Å². The van der Waals surface area contributed by atoms with E-state index in [4.69, 9.17) is 10.5 Å². The van der Waals surface area contributed by atoms with Gasteiger partial charge in [0, 0.05) is 25.7 Å². The zero-order valence-corrected chi connectivity index (χ0v) is 11.2. The van der Waals surface area contributed by atoms with Gasteiger partial charge in [-0.2, -0.15) is 0 Å². The van der Waals surface area contributed by atoms with E-state index >= 15 is 0 Å². The zero-order chi connectivity index (χ0) is 12.1. The Hall–Kier alpha value is -0.120. The first-order valence-electron chi connectivity index (χ1n) is 7.31. The predicted octanol–water partition coefficient (Wildman–Crippen LogP) is 2.00. The van der Waals surface area contributed by atoms with Gasteiger partial charge in [0.05, 0.1) is 6.10 Å². The van der Waals surface area contributed by atoms with E-state index in [9.17, 15) is 0 Å². The average molecular weight is 240 g/mol. The number of hydrogen-bond donors (Lipinski definition) is 1. The molecule has 2 N–H and O–H groups in total. The monoisotopic (exact) mass is 240 g/mol. The number of nitrogens with zero attached hydrogens (tertiary/aromatic N) is 1. The highest BCUT2D eigenvalue weighted by Gasteiger charge is 2.24. The summed E-state index contributed by atoms with van der Waals surface area (Å²) in [5.74, 6) is 0.768. The van der Waals surface area contributed by atoms with E-state index in [1.54, 1.807) is 0 Å². The molecule has 2 fully saturated rings. The summed E-state index contributed by atoms with van der Waals surface area (Å²) in [5.41, 5.74) is 6.30. The largest absolute Gasteiger partial charge is 0.377 e. The Balaban J connectivity index is 1.66. The number of ether oxygens (including phenoxy) is 1. The SMILES string of the molecule is CN(CC1CCCCO1)CC(N)C1CCCC1. The van der Waals surface area contributed by atoms with E-state index in [0.29, 0.717) is 12.1 Å². The van der Waals surface area contributed by atoms with Crippen molar-refractivity contribution in [2.45, 2.75) is 57.1 Å². The molecule has 100 valence electrons. The van der Waals surface area contributed by atoms with E-state index in [2.05, 4.69) is 11.9 Å². The molecule has 0 bridgehead atoms. The molecule has 0 radical (unpaired) electrons. The molecule has 1 aliphatic carbocycles. The topological polar surface area (TPSA) is 38.5 Å². The summed E-state index contributed by atoms with van der Waals surface area (Å²) in [7, 11) is 2.19.